The zero-order chi connectivity index (χ0) is 12.8. The van der Waals surface area contributed by atoms with Gasteiger partial charge in [-0.3, -0.25) is 4.90 Å². The Balaban J connectivity index is 1.78. The van der Waals surface area contributed by atoms with E-state index in [9.17, 15) is 0 Å². The predicted octanol–water partition coefficient (Wildman–Crippen LogP) is 2.89. The highest BCUT2D eigenvalue weighted by atomic mass is 15.2. The van der Waals surface area contributed by atoms with Crippen LogP contribution in [-0.4, -0.2) is 36.6 Å². The molecule has 3 fully saturated rings. The van der Waals surface area contributed by atoms with Crippen LogP contribution in [0.1, 0.15) is 52.9 Å². The van der Waals surface area contributed by atoms with Crippen molar-refractivity contribution in [1.82, 2.24) is 10.2 Å². The Labute approximate surface area is 113 Å². The molecule has 1 N–H and O–H groups in total. The molecule has 2 nitrogen and oxygen atoms in total. The molecule has 0 radical (unpaired) electrons. The maximum absolute atomic E-state index is 3.61. The molecule has 0 aromatic heterocycles. The molecule has 18 heavy (non-hydrogen) atoms. The number of likely N-dealkylation sites (tertiary alicyclic amines) is 1. The van der Waals surface area contributed by atoms with Gasteiger partial charge in [0.05, 0.1) is 0 Å². The standard InChI is InChI=1S/C16H30N2/c1-4-14-13-10-17-9-12(13)11-18(14)15-7-5-6-8-16(15,2)3/h12-15,17H,4-11H2,1-3H3. The second kappa shape index (κ2) is 4.79. The maximum atomic E-state index is 3.61. The van der Waals surface area contributed by atoms with E-state index in [4.69, 9.17) is 0 Å². The molecule has 2 aliphatic heterocycles. The van der Waals surface area contributed by atoms with Crippen molar-refractivity contribution in [2.75, 3.05) is 19.6 Å². The Morgan fingerprint density at radius 1 is 1.22 bits per heavy atom. The van der Waals surface area contributed by atoms with Crippen molar-refractivity contribution in [2.45, 2.75) is 65.0 Å². The van der Waals surface area contributed by atoms with E-state index in [2.05, 4.69) is 31.0 Å². The number of nitrogens with zero attached hydrogens (tertiary/aromatic N) is 1. The molecule has 3 rings (SSSR count). The predicted molar refractivity (Wildman–Crippen MR) is 76.7 cm³/mol. The third-order valence-electron chi connectivity index (χ3n) is 6.03. The maximum Gasteiger partial charge on any atom is 0.0150 e. The van der Waals surface area contributed by atoms with Crippen LogP contribution in [0.25, 0.3) is 0 Å². The minimum absolute atomic E-state index is 0.539. The highest BCUT2D eigenvalue weighted by Gasteiger charge is 2.48. The molecule has 0 spiro atoms. The van der Waals surface area contributed by atoms with Crippen LogP contribution < -0.4 is 5.32 Å². The van der Waals surface area contributed by atoms with Crippen LogP contribution in [0.2, 0.25) is 0 Å². The summed E-state index contributed by atoms with van der Waals surface area (Å²) in [5, 5.41) is 3.61. The Hall–Kier alpha value is -0.0800. The molecule has 0 bridgehead atoms. The van der Waals surface area contributed by atoms with Gasteiger partial charge in [-0.1, -0.05) is 33.6 Å². The lowest BCUT2D eigenvalue weighted by Crippen LogP contribution is -2.50. The fourth-order valence-corrected chi connectivity index (χ4v) is 5.04. The SMILES string of the molecule is CCC1C2CNCC2CN1C1CCCCC1(C)C. The van der Waals surface area contributed by atoms with Gasteiger partial charge in [0.25, 0.3) is 0 Å². The van der Waals surface area contributed by atoms with Crippen molar-refractivity contribution < 1.29 is 0 Å². The van der Waals surface area contributed by atoms with Crippen LogP contribution in [0, 0.1) is 17.3 Å². The van der Waals surface area contributed by atoms with Crippen molar-refractivity contribution >= 4 is 0 Å². The Morgan fingerprint density at radius 2 is 2.06 bits per heavy atom. The zero-order valence-electron chi connectivity index (χ0n) is 12.4. The minimum atomic E-state index is 0.539. The van der Waals surface area contributed by atoms with Crippen LogP contribution in [-0.2, 0) is 0 Å². The normalized spacial score (nSPS) is 44.2. The second-order valence-corrected chi connectivity index (χ2v) is 7.50. The van der Waals surface area contributed by atoms with E-state index in [0.717, 1.165) is 23.9 Å². The number of hydrogen-bond donors (Lipinski definition) is 1. The molecular weight excluding hydrogens is 220 g/mol. The number of rotatable bonds is 2. The molecule has 1 saturated carbocycles. The van der Waals surface area contributed by atoms with E-state index < -0.39 is 0 Å². The monoisotopic (exact) mass is 250 g/mol. The lowest BCUT2D eigenvalue weighted by atomic mass is 9.72. The van der Waals surface area contributed by atoms with E-state index in [1.165, 1.54) is 51.7 Å². The molecular formula is C16H30N2. The van der Waals surface area contributed by atoms with Crippen LogP contribution in [0.4, 0.5) is 0 Å². The van der Waals surface area contributed by atoms with Crippen molar-refractivity contribution in [3.8, 4) is 0 Å². The number of fused-ring (bicyclic) bond motifs is 1. The van der Waals surface area contributed by atoms with Gasteiger partial charge < -0.3 is 5.32 Å². The summed E-state index contributed by atoms with van der Waals surface area (Å²) in [6.45, 7) is 11.3. The summed E-state index contributed by atoms with van der Waals surface area (Å²) < 4.78 is 0. The van der Waals surface area contributed by atoms with Crippen LogP contribution in [0.3, 0.4) is 0 Å². The molecule has 2 heteroatoms. The molecule has 0 amide bonds. The topological polar surface area (TPSA) is 15.3 Å². The first-order valence-corrected chi connectivity index (χ1v) is 8.10. The minimum Gasteiger partial charge on any atom is -0.316 e. The third kappa shape index (κ3) is 2.02. The summed E-state index contributed by atoms with van der Waals surface area (Å²) in [5.41, 5.74) is 0.539. The molecule has 2 heterocycles. The molecule has 0 aromatic rings. The van der Waals surface area contributed by atoms with E-state index in [-0.39, 0.29) is 0 Å². The molecule has 2 saturated heterocycles. The van der Waals surface area contributed by atoms with Crippen LogP contribution in [0.15, 0.2) is 0 Å². The largest absolute Gasteiger partial charge is 0.316 e. The molecule has 3 aliphatic rings. The number of nitrogens with one attached hydrogen (secondary N) is 1. The fourth-order valence-electron chi connectivity index (χ4n) is 5.04. The zero-order valence-corrected chi connectivity index (χ0v) is 12.4. The third-order valence-corrected chi connectivity index (χ3v) is 6.03. The average Bonchev–Trinajstić information content (AvgIpc) is 2.87. The Kier molecular flexibility index (Phi) is 3.44. The molecule has 1 aliphatic carbocycles. The summed E-state index contributed by atoms with van der Waals surface area (Å²) in [5.74, 6) is 1.88. The van der Waals surface area contributed by atoms with E-state index >= 15 is 0 Å². The van der Waals surface area contributed by atoms with Gasteiger partial charge >= 0.3 is 0 Å². The van der Waals surface area contributed by atoms with Gasteiger partial charge in [-0.2, -0.15) is 0 Å². The summed E-state index contributed by atoms with van der Waals surface area (Å²) in [6.07, 6.45) is 7.11. The van der Waals surface area contributed by atoms with Crippen molar-refractivity contribution in [3.05, 3.63) is 0 Å². The second-order valence-electron chi connectivity index (χ2n) is 7.50. The molecule has 104 valence electrons. The quantitative estimate of drug-likeness (QED) is 0.811. The van der Waals surface area contributed by atoms with Crippen molar-refractivity contribution in [2.24, 2.45) is 17.3 Å². The lowest BCUT2D eigenvalue weighted by molar-refractivity contribution is 0.0308. The highest BCUT2D eigenvalue weighted by Crippen LogP contribution is 2.44. The van der Waals surface area contributed by atoms with E-state index in [1.807, 2.05) is 0 Å². The van der Waals surface area contributed by atoms with E-state index in [0.29, 0.717) is 5.41 Å². The van der Waals surface area contributed by atoms with Crippen LogP contribution >= 0.6 is 0 Å². The summed E-state index contributed by atoms with van der Waals surface area (Å²) in [6, 6.07) is 1.70. The van der Waals surface area contributed by atoms with Gasteiger partial charge in [0.1, 0.15) is 0 Å². The van der Waals surface area contributed by atoms with Gasteiger partial charge in [-0.15, -0.1) is 0 Å². The van der Waals surface area contributed by atoms with Gasteiger partial charge in [-0.05, 0) is 49.6 Å². The Bertz CT molecular complexity index is 299. The summed E-state index contributed by atoms with van der Waals surface area (Å²) in [4.78, 5) is 2.93. The Morgan fingerprint density at radius 3 is 2.78 bits per heavy atom. The fraction of sp³-hybridized carbons (Fsp3) is 1.00. The smallest absolute Gasteiger partial charge is 0.0150 e. The average molecular weight is 250 g/mol. The van der Waals surface area contributed by atoms with Gasteiger partial charge in [0.15, 0.2) is 0 Å². The van der Waals surface area contributed by atoms with Gasteiger partial charge in [0, 0.05) is 18.6 Å². The summed E-state index contributed by atoms with van der Waals surface area (Å²) >= 11 is 0. The first kappa shape index (κ1) is 12.9. The summed E-state index contributed by atoms with van der Waals surface area (Å²) in [7, 11) is 0. The van der Waals surface area contributed by atoms with Gasteiger partial charge in [0.2, 0.25) is 0 Å². The first-order valence-electron chi connectivity index (χ1n) is 8.10. The van der Waals surface area contributed by atoms with Crippen molar-refractivity contribution in [1.29, 1.82) is 0 Å². The molecule has 4 unspecified atom stereocenters. The lowest BCUT2D eigenvalue weighted by Gasteiger charge is -2.46. The molecule has 0 aromatic carbocycles. The van der Waals surface area contributed by atoms with Crippen LogP contribution in [0.5, 0.6) is 0 Å². The number of hydrogen-bond acceptors (Lipinski definition) is 2. The first-order chi connectivity index (χ1) is 8.63. The van der Waals surface area contributed by atoms with Gasteiger partial charge in [-0.25, -0.2) is 0 Å². The highest BCUT2D eigenvalue weighted by molar-refractivity contribution is 5.03. The molecule has 4 atom stereocenters. The van der Waals surface area contributed by atoms with Crippen molar-refractivity contribution in [3.63, 3.8) is 0 Å². The van der Waals surface area contributed by atoms with E-state index in [1.54, 1.807) is 0 Å².